The molecule has 0 saturated carbocycles. The molecule has 0 aromatic heterocycles. The first-order chi connectivity index (χ1) is 32.2. The summed E-state index contributed by atoms with van der Waals surface area (Å²) >= 11 is 1.73. The second-order valence-corrected chi connectivity index (χ2v) is 19.9. The summed E-state index contributed by atoms with van der Waals surface area (Å²) in [4.78, 5) is 30.7. The third kappa shape index (κ3) is 86.3. The summed E-state index contributed by atoms with van der Waals surface area (Å²) in [5.41, 5.74) is 0. The minimum absolute atomic E-state index is 0.234. The molecule has 0 rings (SSSR count). The van der Waals surface area contributed by atoms with Crippen molar-refractivity contribution in [3.63, 3.8) is 0 Å². The zero-order chi connectivity index (χ0) is 49.5. The predicted octanol–water partition coefficient (Wildman–Crippen LogP) is 16.3. The van der Waals surface area contributed by atoms with Crippen LogP contribution in [0.2, 0.25) is 0 Å². The number of carbonyl (C=O) groups excluding carboxylic acids is 3. The van der Waals surface area contributed by atoms with E-state index in [1.54, 1.807) is 20.8 Å². The van der Waals surface area contributed by atoms with Crippen molar-refractivity contribution < 1.29 is 53.8 Å². The van der Waals surface area contributed by atoms with Crippen LogP contribution in [-0.4, -0.2) is 24.5 Å². The molecule has 8 heteroatoms. The van der Waals surface area contributed by atoms with Crippen LogP contribution in [0.15, 0.2) is 0 Å². The Morgan fingerprint density at radius 3 is 0.500 bits per heavy atom. The predicted molar refractivity (Wildman–Crippen MR) is 275 cm³/mol. The molecule has 0 aliphatic heterocycles. The number of carboxylic acids is 3. The van der Waals surface area contributed by atoms with E-state index in [0.29, 0.717) is 0 Å². The van der Waals surface area contributed by atoms with Crippen LogP contribution >= 0.6 is 0 Å². The van der Waals surface area contributed by atoms with Gasteiger partial charge in [0.2, 0.25) is 0 Å². The Bertz CT molecular complexity index is 777. The Morgan fingerprint density at radius 1 is 0.258 bits per heavy atom. The van der Waals surface area contributed by atoms with Crippen molar-refractivity contribution in [2.24, 2.45) is 0 Å². The Kier molecular flexibility index (Phi) is 76.7. The van der Waals surface area contributed by atoms with Crippen LogP contribution in [-0.2, 0) is 38.5 Å². The zero-order valence-electron chi connectivity index (χ0n) is 44.9. The molecule has 0 amide bonds. The van der Waals surface area contributed by atoms with E-state index in [2.05, 4.69) is 27.7 Å². The molecule has 0 saturated heterocycles. The van der Waals surface area contributed by atoms with Crippen molar-refractivity contribution in [1.82, 2.24) is 0 Å². The van der Waals surface area contributed by atoms with Crippen molar-refractivity contribution in [1.29, 1.82) is 0 Å². The molecule has 0 radical (unpaired) electrons. The van der Waals surface area contributed by atoms with Crippen molar-refractivity contribution in [2.75, 3.05) is 6.61 Å². The van der Waals surface area contributed by atoms with Gasteiger partial charge in [0.25, 0.3) is 0 Å². The van der Waals surface area contributed by atoms with E-state index in [-0.39, 0.29) is 19.3 Å². The molecule has 0 aromatic rings. The summed E-state index contributed by atoms with van der Waals surface area (Å²) < 4.78 is 4.78. The fourth-order valence-electron chi connectivity index (χ4n) is 8.14. The van der Waals surface area contributed by atoms with Crippen LogP contribution in [0.25, 0.3) is 0 Å². The summed E-state index contributed by atoms with van der Waals surface area (Å²) in [7, 11) is 0. The number of carboxylic acid groups (broad SMARTS) is 3. The number of unbranched alkanes of at least 4 members (excludes halogenated alkanes) is 43. The summed E-state index contributed by atoms with van der Waals surface area (Å²) in [6, 6.07) is 0. The molecule has 0 N–H and O–H groups in total. The molecule has 0 aromatic carbocycles. The first-order valence-corrected chi connectivity index (χ1v) is 29.7. The molecule has 0 spiro atoms. The van der Waals surface area contributed by atoms with Gasteiger partial charge in [0.05, 0.1) is 0 Å². The van der Waals surface area contributed by atoms with Gasteiger partial charge in [0, 0.05) is 17.9 Å². The van der Waals surface area contributed by atoms with Gasteiger partial charge in [-0.25, -0.2) is 0 Å². The third-order valence-electron chi connectivity index (χ3n) is 12.6. The van der Waals surface area contributed by atoms with E-state index < -0.39 is 17.9 Å². The van der Waals surface area contributed by atoms with Gasteiger partial charge >= 0.3 is 50.5 Å². The van der Waals surface area contributed by atoms with Crippen molar-refractivity contribution in [2.45, 2.75) is 349 Å². The van der Waals surface area contributed by atoms with Crippen LogP contribution in [0, 0.1) is 0 Å². The topological polar surface area (TPSA) is 130 Å². The number of carbonyl (C=O) groups is 3. The van der Waals surface area contributed by atoms with E-state index in [9.17, 15) is 29.7 Å². The maximum atomic E-state index is 10.2. The van der Waals surface area contributed by atoms with Gasteiger partial charge in [-0.15, -0.1) is 0 Å². The van der Waals surface area contributed by atoms with Crippen molar-refractivity contribution in [3.8, 4) is 0 Å². The van der Waals surface area contributed by atoms with Gasteiger partial charge in [0.1, 0.15) is 0 Å². The molecule has 0 fully saturated rings. The number of hydrogen-bond acceptors (Lipinski definition) is 7. The first-order valence-electron chi connectivity index (χ1n) is 29.1. The molecule has 0 heterocycles. The summed E-state index contributed by atoms with van der Waals surface area (Å²) in [6.07, 6.45) is 62.0. The second kappa shape index (κ2) is 70.6. The van der Waals surface area contributed by atoms with Gasteiger partial charge < -0.3 is 29.7 Å². The number of rotatable bonds is 51. The molecular weight excluding hydrogens is 856 g/mol. The Labute approximate surface area is 425 Å². The molecule has 0 aliphatic carbocycles. The van der Waals surface area contributed by atoms with Crippen molar-refractivity contribution >= 4 is 17.9 Å². The van der Waals surface area contributed by atoms with Gasteiger partial charge in [-0.3, -0.25) is 0 Å². The summed E-state index contributed by atoms with van der Waals surface area (Å²) in [6.45, 7) is 9.87. The third-order valence-corrected chi connectivity index (χ3v) is 12.9. The average molecular weight is 971 g/mol. The first kappa shape index (κ1) is 71.6. The Hall–Kier alpha value is -0.916. The Morgan fingerprint density at radius 2 is 0.394 bits per heavy atom. The molecule has 66 heavy (non-hydrogen) atoms. The minimum atomic E-state index is -0.903. The van der Waals surface area contributed by atoms with E-state index in [4.69, 9.17) is 3.32 Å². The SMILES string of the molecule is CCCCCCCCCCCCCCCCCC(=O)[O-].CCCCCCCCCCCCCCCCCC(=O)[O-].CCCCCCCCCCCCCCCCCC(=O)[O-].CCCC[O][Ti+3]. The van der Waals surface area contributed by atoms with E-state index >= 15 is 0 Å². The average Bonchev–Trinajstić information content (AvgIpc) is 3.30. The zero-order valence-corrected chi connectivity index (χ0v) is 46.5. The van der Waals surface area contributed by atoms with E-state index in [1.165, 1.54) is 263 Å². The van der Waals surface area contributed by atoms with E-state index in [0.717, 1.165) is 45.1 Å². The normalized spacial score (nSPS) is 10.7. The van der Waals surface area contributed by atoms with Gasteiger partial charge in [0.15, 0.2) is 0 Å². The molecule has 7 nitrogen and oxygen atoms in total. The fraction of sp³-hybridized carbons (Fsp3) is 0.948. The second-order valence-electron chi connectivity index (χ2n) is 19.4. The van der Waals surface area contributed by atoms with Gasteiger partial charge in [-0.1, -0.05) is 290 Å². The molecule has 0 bridgehead atoms. The molecular formula is C58H114O7Ti. The van der Waals surface area contributed by atoms with Crippen LogP contribution in [0.1, 0.15) is 349 Å². The monoisotopic (exact) mass is 971 g/mol. The van der Waals surface area contributed by atoms with Gasteiger partial charge in [-0.05, 0) is 38.5 Å². The van der Waals surface area contributed by atoms with Crippen molar-refractivity contribution in [3.05, 3.63) is 0 Å². The molecule has 392 valence electrons. The van der Waals surface area contributed by atoms with Crippen LogP contribution in [0.3, 0.4) is 0 Å². The summed E-state index contributed by atoms with van der Waals surface area (Å²) in [5, 5.41) is 30.7. The quantitative estimate of drug-likeness (QED) is 0.0438. The standard InChI is InChI=1S/3C18H36O2.C4H9O.Ti/c3*1-2-3-4-5-6-7-8-9-10-11-12-13-14-15-16-17-18(19)20;1-2-3-4-5;/h3*2-17H2,1H3,(H,19,20);2-4H2,1H3;/q;;;-1;+4/p-3. The van der Waals surface area contributed by atoms with Crippen LogP contribution in [0.5, 0.6) is 0 Å². The van der Waals surface area contributed by atoms with E-state index in [1.807, 2.05) is 0 Å². The molecule has 0 unspecified atom stereocenters. The maximum absolute atomic E-state index is 10.2. The number of hydrogen-bond donors (Lipinski definition) is 0. The van der Waals surface area contributed by atoms with Gasteiger partial charge in [-0.2, -0.15) is 0 Å². The van der Waals surface area contributed by atoms with Crippen LogP contribution < -0.4 is 15.3 Å². The van der Waals surface area contributed by atoms with Crippen LogP contribution in [0.4, 0.5) is 0 Å². The fourth-order valence-corrected chi connectivity index (χ4v) is 8.36. The molecule has 0 aliphatic rings. The Balaban J connectivity index is -0.000000410. The molecule has 0 atom stereocenters. The summed E-state index contributed by atoms with van der Waals surface area (Å²) in [5.74, 6) is -2.71. The number of aliphatic carboxylic acids is 3.